The fraction of sp³-hybridized carbons (Fsp3) is 0.368. The fourth-order valence-corrected chi connectivity index (χ4v) is 5.26. The maximum Gasteiger partial charge on any atom is 0.337 e. The molecule has 2 aliphatic rings. The number of sulfonamides is 1. The van der Waals surface area contributed by atoms with Crippen LogP contribution in [0.2, 0.25) is 0 Å². The molecule has 8 nitrogen and oxygen atoms in total. The smallest absolute Gasteiger partial charge is 0.337 e. The van der Waals surface area contributed by atoms with Gasteiger partial charge in [-0.1, -0.05) is 6.07 Å². The van der Waals surface area contributed by atoms with Crippen LogP contribution in [0.4, 0.5) is 0 Å². The second kappa shape index (κ2) is 7.16. The van der Waals surface area contributed by atoms with Gasteiger partial charge in [0.1, 0.15) is 0 Å². The predicted octanol–water partition coefficient (Wildman–Crippen LogP) is 1.10. The predicted molar refractivity (Wildman–Crippen MR) is 100 cm³/mol. The highest BCUT2D eigenvalue weighted by molar-refractivity contribution is 7.89. The average molecular weight is 404 g/mol. The number of rotatable bonds is 4. The number of aryl methyl sites for hydroxylation is 1. The number of ether oxygens (including phenoxy) is 1. The van der Waals surface area contributed by atoms with Crippen LogP contribution in [0.1, 0.15) is 33.9 Å². The van der Waals surface area contributed by atoms with E-state index in [1.807, 2.05) is 0 Å². The van der Waals surface area contributed by atoms with E-state index < -0.39 is 16.0 Å². The molecule has 28 heavy (non-hydrogen) atoms. The topological polar surface area (TPSA) is 106 Å². The van der Waals surface area contributed by atoms with Gasteiger partial charge in [-0.3, -0.25) is 4.79 Å². The molecule has 1 unspecified atom stereocenters. The molecule has 0 amide bonds. The molecule has 0 spiro atoms. The largest absolute Gasteiger partial charge is 0.478 e. The van der Waals surface area contributed by atoms with Crippen LogP contribution in [-0.2, 0) is 21.2 Å². The van der Waals surface area contributed by atoms with Gasteiger partial charge < -0.3 is 14.4 Å². The lowest BCUT2D eigenvalue weighted by molar-refractivity contribution is 0.0695. The van der Waals surface area contributed by atoms with Crippen molar-refractivity contribution in [1.82, 2.24) is 8.87 Å². The lowest BCUT2D eigenvalue weighted by Gasteiger charge is -2.26. The summed E-state index contributed by atoms with van der Waals surface area (Å²) in [6, 6.07) is 7.13. The van der Waals surface area contributed by atoms with Gasteiger partial charge in [-0.15, -0.1) is 0 Å². The molecule has 1 aliphatic carbocycles. The number of hydrogen-bond donors (Lipinski definition) is 1. The van der Waals surface area contributed by atoms with Crippen molar-refractivity contribution in [3.05, 3.63) is 63.6 Å². The van der Waals surface area contributed by atoms with Gasteiger partial charge in [0.25, 0.3) is 5.56 Å². The lowest BCUT2D eigenvalue weighted by atomic mass is 10.1. The molecule has 4 rings (SSSR count). The van der Waals surface area contributed by atoms with E-state index in [0.29, 0.717) is 39.1 Å². The summed E-state index contributed by atoms with van der Waals surface area (Å²) in [6.07, 6.45) is 2.63. The van der Waals surface area contributed by atoms with Crippen LogP contribution >= 0.6 is 0 Å². The summed E-state index contributed by atoms with van der Waals surface area (Å²) in [7, 11) is -3.65. The fourth-order valence-electron chi connectivity index (χ4n) is 3.82. The maximum absolute atomic E-state index is 13.0. The summed E-state index contributed by atoms with van der Waals surface area (Å²) in [4.78, 5) is 23.8. The Kier molecular flexibility index (Phi) is 4.82. The van der Waals surface area contributed by atoms with Crippen molar-refractivity contribution in [3.63, 3.8) is 0 Å². The van der Waals surface area contributed by atoms with E-state index in [4.69, 9.17) is 4.74 Å². The Hall–Kier alpha value is -2.49. The third kappa shape index (κ3) is 3.25. The van der Waals surface area contributed by atoms with E-state index in [1.54, 1.807) is 18.2 Å². The van der Waals surface area contributed by atoms with Crippen LogP contribution in [-0.4, -0.2) is 54.7 Å². The number of aromatic carboxylic acids is 1. The van der Waals surface area contributed by atoms with Crippen LogP contribution in [0.15, 0.2) is 46.2 Å². The van der Waals surface area contributed by atoms with Gasteiger partial charge in [-0.05, 0) is 42.2 Å². The lowest BCUT2D eigenvalue weighted by Crippen LogP contribution is -2.40. The number of carboxylic acids is 1. The molecule has 0 radical (unpaired) electrons. The van der Waals surface area contributed by atoms with E-state index in [-0.39, 0.29) is 22.1 Å². The number of fused-ring (bicyclic) bond motifs is 1. The molecule has 9 heteroatoms. The number of hydrogen-bond acceptors (Lipinski definition) is 5. The van der Waals surface area contributed by atoms with E-state index in [1.165, 1.54) is 27.2 Å². The molecule has 2 heterocycles. The standard InChI is InChI=1S/C19H20N2O6S/c22-18-6-3-14(19(23)24)12-21(18)17-5-2-13-1-4-15(11-16(13)17)28(25,26)20-7-9-27-10-8-20/h1,3-4,6,11-12,17H,2,5,7-10H2,(H,23,24). The highest BCUT2D eigenvalue weighted by atomic mass is 32.2. The summed E-state index contributed by atoms with van der Waals surface area (Å²) in [5.74, 6) is -1.12. The van der Waals surface area contributed by atoms with E-state index >= 15 is 0 Å². The molecule has 1 fully saturated rings. The van der Waals surface area contributed by atoms with Crippen LogP contribution in [0, 0.1) is 0 Å². The van der Waals surface area contributed by atoms with Gasteiger partial charge in [-0.2, -0.15) is 4.31 Å². The third-order valence-corrected chi connectivity index (χ3v) is 7.19. The molecule has 1 aromatic carbocycles. The van der Waals surface area contributed by atoms with Crippen molar-refractivity contribution in [2.75, 3.05) is 26.3 Å². The highest BCUT2D eigenvalue weighted by Gasteiger charge is 2.30. The number of aromatic nitrogens is 1. The first-order chi connectivity index (χ1) is 13.4. The molecule has 1 atom stereocenters. The Morgan fingerprint density at radius 1 is 1.14 bits per heavy atom. The highest BCUT2D eigenvalue weighted by Crippen LogP contribution is 2.35. The van der Waals surface area contributed by atoms with Crippen molar-refractivity contribution in [1.29, 1.82) is 0 Å². The maximum atomic E-state index is 13.0. The SMILES string of the molecule is O=C(O)c1ccc(=O)n(C2CCc3ccc(S(=O)(=O)N4CCOCC4)cc32)c1. The van der Waals surface area contributed by atoms with Gasteiger partial charge in [0.15, 0.2) is 0 Å². The van der Waals surface area contributed by atoms with E-state index in [0.717, 1.165) is 11.1 Å². The number of nitrogens with zero attached hydrogens (tertiary/aromatic N) is 2. The van der Waals surface area contributed by atoms with Crippen molar-refractivity contribution < 1.29 is 23.1 Å². The average Bonchev–Trinajstić information content (AvgIpc) is 3.12. The molecule has 1 aromatic heterocycles. The first kappa shape index (κ1) is 18.9. The summed E-state index contributed by atoms with van der Waals surface area (Å²) >= 11 is 0. The summed E-state index contributed by atoms with van der Waals surface area (Å²) in [5.41, 5.74) is 1.42. The molecule has 2 aromatic rings. The Labute approximate surface area is 162 Å². The van der Waals surface area contributed by atoms with Gasteiger partial charge in [0, 0.05) is 25.4 Å². The van der Waals surface area contributed by atoms with Crippen LogP contribution in [0.5, 0.6) is 0 Å². The van der Waals surface area contributed by atoms with Crippen LogP contribution in [0.3, 0.4) is 0 Å². The van der Waals surface area contributed by atoms with Crippen LogP contribution in [0.25, 0.3) is 0 Å². The number of carbonyl (C=O) groups is 1. The Bertz CT molecular complexity index is 1090. The zero-order chi connectivity index (χ0) is 19.9. The summed E-state index contributed by atoms with van der Waals surface area (Å²) in [5, 5.41) is 9.22. The molecular formula is C19H20N2O6S. The molecule has 0 bridgehead atoms. The Morgan fingerprint density at radius 2 is 1.89 bits per heavy atom. The first-order valence-electron chi connectivity index (χ1n) is 9.04. The molecule has 148 valence electrons. The third-order valence-electron chi connectivity index (χ3n) is 5.29. The van der Waals surface area contributed by atoms with E-state index in [9.17, 15) is 23.1 Å². The molecule has 1 saturated heterocycles. The zero-order valence-electron chi connectivity index (χ0n) is 15.1. The quantitative estimate of drug-likeness (QED) is 0.818. The second-order valence-electron chi connectivity index (χ2n) is 6.90. The summed E-state index contributed by atoms with van der Waals surface area (Å²) in [6.45, 7) is 1.35. The number of morpholine rings is 1. The van der Waals surface area contributed by atoms with Gasteiger partial charge in [-0.25, -0.2) is 13.2 Å². The molecule has 1 aliphatic heterocycles. The van der Waals surface area contributed by atoms with Crippen molar-refractivity contribution >= 4 is 16.0 Å². The number of pyridine rings is 1. The monoisotopic (exact) mass is 404 g/mol. The minimum absolute atomic E-state index is 0.0187. The minimum Gasteiger partial charge on any atom is -0.478 e. The normalized spacial score (nSPS) is 20.1. The number of carboxylic acid groups (broad SMARTS) is 1. The molecule has 1 N–H and O–H groups in total. The van der Waals surface area contributed by atoms with Gasteiger partial charge in [0.05, 0.1) is 29.7 Å². The van der Waals surface area contributed by atoms with E-state index in [2.05, 4.69) is 0 Å². The summed E-state index contributed by atoms with van der Waals surface area (Å²) < 4.78 is 34.0. The Balaban J connectivity index is 1.75. The first-order valence-corrected chi connectivity index (χ1v) is 10.5. The van der Waals surface area contributed by atoms with Gasteiger partial charge in [0.2, 0.25) is 10.0 Å². The van der Waals surface area contributed by atoms with Crippen molar-refractivity contribution in [2.45, 2.75) is 23.8 Å². The minimum atomic E-state index is -3.65. The second-order valence-corrected chi connectivity index (χ2v) is 8.84. The molecule has 0 saturated carbocycles. The Morgan fingerprint density at radius 3 is 2.61 bits per heavy atom. The zero-order valence-corrected chi connectivity index (χ0v) is 15.9. The van der Waals surface area contributed by atoms with Gasteiger partial charge >= 0.3 is 5.97 Å². The molecular weight excluding hydrogens is 384 g/mol. The van der Waals surface area contributed by atoms with Crippen LogP contribution < -0.4 is 5.56 Å². The number of benzene rings is 1. The van der Waals surface area contributed by atoms with Crippen molar-refractivity contribution in [3.8, 4) is 0 Å². The van der Waals surface area contributed by atoms with Crippen molar-refractivity contribution in [2.24, 2.45) is 0 Å².